The molecule has 1 aliphatic rings. The van der Waals surface area contributed by atoms with Gasteiger partial charge in [0.1, 0.15) is 5.76 Å². The third kappa shape index (κ3) is 3.87. The second-order valence-corrected chi connectivity index (χ2v) is 6.35. The molecule has 3 rings (SSSR count). The zero-order valence-corrected chi connectivity index (χ0v) is 15.0. The summed E-state index contributed by atoms with van der Waals surface area (Å²) in [5.41, 5.74) is 3.08. The number of allylic oxidation sites excluding steroid dienone is 2. The topological polar surface area (TPSA) is 80.7 Å². The Morgan fingerprint density at radius 2 is 1.78 bits per heavy atom. The molecule has 0 bridgehead atoms. The Kier molecular flexibility index (Phi) is 5.03. The number of Topliss-reactive ketones (excluding diaryl/α,β-unsaturated/α-hetero) is 1. The standard InChI is InChI=1S/C22H18O5/c1-13-7-8-15(14(2)11-13)12-18-19(23)9-10-20(18)27-22(26)17-6-4-3-5-16(17)21(24)25/h3-8,10-12H,9H2,1-2H3,(H,24,25). The van der Waals surface area contributed by atoms with Crippen molar-refractivity contribution < 1.29 is 24.2 Å². The van der Waals surface area contributed by atoms with Crippen LogP contribution < -0.4 is 0 Å². The third-order valence-corrected chi connectivity index (χ3v) is 4.34. The number of carboxylic acid groups (broad SMARTS) is 1. The molecule has 1 N–H and O–H groups in total. The Hall–Kier alpha value is -3.47. The van der Waals surface area contributed by atoms with Crippen molar-refractivity contribution >= 4 is 23.8 Å². The molecule has 0 radical (unpaired) electrons. The fraction of sp³-hybridized carbons (Fsp3) is 0.136. The van der Waals surface area contributed by atoms with Gasteiger partial charge in [0, 0.05) is 6.42 Å². The summed E-state index contributed by atoms with van der Waals surface area (Å²) >= 11 is 0. The highest BCUT2D eigenvalue weighted by molar-refractivity contribution is 6.08. The van der Waals surface area contributed by atoms with Crippen molar-refractivity contribution in [1.29, 1.82) is 0 Å². The summed E-state index contributed by atoms with van der Waals surface area (Å²) in [5.74, 6) is -2.01. The monoisotopic (exact) mass is 362 g/mol. The normalized spacial score (nSPS) is 15.0. The Morgan fingerprint density at radius 1 is 1.07 bits per heavy atom. The van der Waals surface area contributed by atoms with Crippen molar-refractivity contribution in [2.75, 3.05) is 0 Å². The molecule has 0 unspecified atom stereocenters. The molecule has 0 amide bonds. The number of esters is 1. The maximum atomic E-state index is 12.5. The Morgan fingerprint density at radius 3 is 2.44 bits per heavy atom. The minimum Gasteiger partial charge on any atom is -0.478 e. The highest BCUT2D eigenvalue weighted by atomic mass is 16.5. The van der Waals surface area contributed by atoms with Crippen LogP contribution in [0.3, 0.4) is 0 Å². The van der Waals surface area contributed by atoms with E-state index in [2.05, 4.69) is 0 Å². The summed E-state index contributed by atoms with van der Waals surface area (Å²) in [7, 11) is 0. The molecule has 0 atom stereocenters. The lowest BCUT2D eigenvalue weighted by molar-refractivity contribution is -0.114. The van der Waals surface area contributed by atoms with E-state index in [4.69, 9.17) is 4.74 Å². The molecule has 1 aliphatic carbocycles. The van der Waals surface area contributed by atoms with E-state index < -0.39 is 11.9 Å². The van der Waals surface area contributed by atoms with Crippen molar-refractivity contribution in [2.45, 2.75) is 20.3 Å². The average Bonchev–Trinajstić information content (AvgIpc) is 2.97. The van der Waals surface area contributed by atoms with Crippen LogP contribution in [0.2, 0.25) is 0 Å². The van der Waals surface area contributed by atoms with E-state index in [0.717, 1.165) is 16.7 Å². The minimum absolute atomic E-state index is 0.0592. The summed E-state index contributed by atoms with van der Waals surface area (Å²) in [5, 5.41) is 9.23. The molecule has 2 aromatic carbocycles. The molecule has 0 spiro atoms. The van der Waals surface area contributed by atoms with Crippen molar-refractivity contribution in [2.24, 2.45) is 0 Å². The summed E-state index contributed by atoms with van der Waals surface area (Å²) in [6.45, 7) is 3.93. The predicted octanol–water partition coefficient (Wildman–Crippen LogP) is 4.10. The molecule has 0 aliphatic heterocycles. The number of aromatic carboxylic acids is 1. The van der Waals surface area contributed by atoms with Crippen molar-refractivity contribution in [3.05, 3.63) is 87.7 Å². The van der Waals surface area contributed by atoms with Gasteiger partial charge < -0.3 is 9.84 Å². The van der Waals surface area contributed by atoms with Gasteiger partial charge in [0.05, 0.1) is 16.7 Å². The quantitative estimate of drug-likeness (QED) is 0.654. The largest absolute Gasteiger partial charge is 0.478 e. The number of rotatable bonds is 4. The predicted molar refractivity (Wildman–Crippen MR) is 100 cm³/mol. The second kappa shape index (κ2) is 7.41. The zero-order chi connectivity index (χ0) is 19.6. The number of carbonyl (C=O) groups excluding carboxylic acids is 2. The number of ether oxygens (including phenoxy) is 1. The first kappa shape index (κ1) is 18.3. The zero-order valence-electron chi connectivity index (χ0n) is 15.0. The number of hydrogen-bond acceptors (Lipinski definition) is 4. The van der Waals surface area contributed by atoms with Gasteiger partial charge in [-0.1, -0.05) is 35.9 Å². The lowest BCUT2D eigenvalue weighted by atomic mass is 10.0. The van der Waals surface area contributed by atoms with E-state index in [1.807, 2.05) is 32.0 Å². The van der Waals surface area contributed by atoms with E-state index in [0.29, 0.717) is 5.57 Å². The number of carbonyl (C=O) groups is 3. The number of aryl methyl sites for hydroxylation is 2. The molecule has 0 saturated heterocycles. The van der Waals surface area contributed by atoms with Crippen LogP contribution in [0.15, 0.2) is 59.9 Å². The van der Waals surface area contributed by atoms with E-state index in [1.165, 1.54) is 18.2 Å². The van der Waals surface area contributed by atoms with Crippen LogP contribution in [0.1, 0.15) is 43.8 Å². The number of benzene rings is 2. The number of carboxylic acids is 1. The van der Waals surface area contributed by atoms with Crippen LogP contribution in [0.4, 0.5) is 0 Å². The fourth-order valence-electron chi connectivity index (χ4n) is 2.94. The minimum atomic E-state index is -1.22. The molecular weight excluding hydrogens is 344 g/mol. The molecule has 2 aromatic rings. The van der Waals surface area contributed by atoms with Gasteiger partial charge in [-0.15, -0.1) is 0 Å². The third-order valence-electron chi connectivity index (χ3n) is 4.34. The summed E-state index contributed by atoms with van der Waals surface area (Å²) in [6, 6.07) is 11.7. The van der Waals surface area contributed by atoms with Crippen LogP contribution in [0.5, 0.6) is 0 Å². The maximum absolute atomic E-state index is 12.5. The van der Waals surface area contributed by atoms with Crippen LogP contribution in [0.25, 0.3) is 6.08 Å². The molecule has 0 fully saturated rings. The van der Waals surface area contributed by atoms with Gasteiger partial charge in [-0.05, 0) is 49.3 Å². The fourth-order valence-corrected chi connectivity index (χ4v) is 2.94. The van der Waals surface area contributed by atoms with E-state index in [1.54, 1.807) is 18.2 Å². The smallest absolute Gasteiger partial charge is 0.344 e. The van der Waals surface area contributed by atoms with Crippen LogP contribution >= 0.6 is 0 Å². The Labute approximate surface area is 156 Å². The first-order valence-corrected chi connectivity index (χ1v) is 8.44. The summed E-state index contributed by atoms with van der Waals surface area (Å²) in [4.78, 5) is 36.0. The SMILES string of the molecule is Cc1ccc(C=C2C(=O)CC=C2OC(=O)c2ccccc2C(=O)O)c(C)c1. The van der Waals surface area contributed by atoms with Gasteiger partial charge in [-0.25, -0.2) is 9.59 Å². The van der Waals surface area contributed by atoms with Crippen molar-refractivity contribution in [3.8, 4) is 0 Å². The molecule has 0 saturated carbocycles. The van der Waals surface area contributed by atoms with Gasteiger partial charge in [0.25, 0.3) is 0 Å². The van der Waals surface area contributed by atoms with Crippen LogP contribution in [-0.4, -0.2) is 22.8 Å². The van der Waals surface area contributed by atoms with Gasteiger partial charge in [0.2, 0.25) is 0 Å². The van der Waals surface area contributed by atoms with Gasteiger partial charge in [-0.3, -0.25) is 4.79 Å². The number of ketones is 1. The molecule has 5 nitrogen and oxygen atoms in total. The lowest BCUT2D eigenvalue weighted by Gasteiger charge is -2.10. The Bertz CT molecular complexity index is 1010. The van der Waals surface area contributed by atoms with E-state index in [-0.39, 0.29) is 29.1 Å². The molecule has 0 heterocycles. The lowest BCUT2D eigenvalue weighted by Crippen LogP contribution is -2.12. The van der Waals surface area contributed by atoms with Crippen LogP contribution in [-0.2, 0) is 9.53 Å². The van der Waals surface area contributed by atoms with E-state index in [9.17, 15) is 19.5 Å². The molecule has 27 heavy (non-hydrogen) atoms. The summed E-state index contributed by atoms with van der Waals surface area (Å²) in [6.07, 6.45) is 3.38. The highest BCUT2D eigenvalue weighted by Gasteiger charge is 2.26. The maximum Gasteiger partial charge on any atom is 0.344 e. The molecular formula is C22H18O5. The second-order valence-electron chi connectivity index (χ2n) is 6.35. The average molecular weight is 362 g/mol. The molecule has 0 aromatic heterocycles. The first-order chi connectivity index (χ1) is 12.9. The van der Waals surface area contributed by atoms with Gasteiger partial charge in [0.15, 0.2) is 5.78 Å². The van der Waals surface area contributed by atoms with Gasteiger partial charge in [-0.2, -0.15) is 0 Å². The Balaban J connectivity index is 1.90. The van der Waals surface area contributed by atoms with Crippen LogP contribution in [0, 0.1) is 13.8 Å². The first-order valence-electron chi connectivity index (χ1n) is 8.44. The van der Waals surface area contributed by atoms with Gasteiger partial charge >= 0.3 is 11.9 Å². The van der Waals surface area contributed by atoms with Crippen molar-refractivity contribution in [1.82, 2.24) is 0 Å². The highest BCUT2D eigenvalue weighted by Crippen LogP contribution is 2.28. The molecule has 136 valence electrons. The molecule has 5 heteroatoms. The van der Waals surface area contributed by atoms with Crippen molar-refractivity contribution in [3.63, 3.8) is 0 Å². The summed E-state index contributed by atoms with van der Waals surface area (Å²) < 4.78 is 5.38. The van der Waals surface area contributed by atoms with E-state index >= 15 is 0 Å². The number of hydrogen-bond donors (Lipinski definition) is 1.